The van der Waals surface area contributed by atoms with Crippen molar-refractivity contribution in [2.24, 2.45) is 0 Å². The third-order valence-electron chi connectivity index (χ3n) is 12.4. The number of hydrogen-bond donors (Lipinski definition) is 3. The van der Waals surface area contributed by atoms with Crippen LogP contribution in [0.1, 0.15) is 303 Å². The van der Waals surface area contributed by atoms with Gasteiger partial charge in [-0.1, -0.05) is 284 Å². The lowest BCUT2D eigenvalue weighted by Gasteiger charge is -2.22. The van der Waals surface area contributed by atoms with Crippen LogP contribution in [-0.4, -0.2) is 34.9 Å². The normalized spacial score (nSPS) is 12.7. The summed E-state index contributed by atoms with van der Waals surface area (Å²) in [6.07, 6.45) is 59.3. The molecule has 0 radical (unpaired) electrons. The Hall–Kier alpha value is -0.610. The molecule has 0 aromatic heterocycles. The number of unbranched alkanes of at least 4 members (excludes halogenated alkanes) is 41. The summed E-state index contributed by atoms with van der Waals surface area (Å²) in [6.45, 7) is 4.40. The van der Waals surface area contributed by atoms with Crippen LogP contribution < -0.4 is 5.32 Å². The standard InChI is InChI=1S/C51H103NO3/c1-3-5-7-9-11-13-15-17-19-21-22-23-24-25-26-27-28-29-30-31-33-35-37-39-41-43-45-47-51(55)52-49(48-53)50(54)46-44-42-40-38-36-34-32-20-18-16-14-12-10-8-6-4-2/h49-50,53-54H,3-48H2,1-2H3,(H,52,55)/t49-,50+/m0/s1. The molecule has 0 heterocycles. The first-order chi connectivity index (χ1) is 27.2. The van der Waals surface area contributed by atoms with E-state index in [2.05, 4.69) is 19.2 Å². The predicted molar refractivity (Wildman–Crippen MR) is 244 cm³/mol. The number of amides is 1. The fourth-order valence-electron chi connectivity index (χ4n) is 8.42. The molecular formula is C51H103NO3. The zero-order valence-corrected chi connectivity index (χ0v) is 38.0. The van der Waals surface area contributed by atoms with E-state index in [1.54, 1.807) is 0 Å². The van der Waals surface area contributed by atoms with Crippen LogP contribution in [0.25, 0.3) is 0 Å². The van der Waals surface area contributed by atoms with Crippen molar-refractivity contribution in [2.75, 3.05) is 6.61 Å². The van der Waals surface area contributed by atoms with E-state index in [0.717, 1.165) is 25.7 Å². The van der Waals surface area contributed by atoms with Crippen molar-refractivity contribution in [1.29, 1.82) is 0 Å². The average Bonchev–Trinajstić information content (AvgIpc) is 3.19. The molecule has 0 unspecified atom stereocenters. The number of rotatable bonds is 48. The fourth-order valence-corrected chi connectivity index (χ4v) is 8.42. The maximum atomic E-state index is 12.4. The molecule has 0 saturated carbocycles. The third-order valence-corrected chi connectivity index (χ3v) is 12.4. The van der Waals surface area contributed by atoms with Crippen molar-refractivity contribution in [3.8, 4) is 0 Å². The monoisotopic (exact) mass is 778 g/mol. The summed E-state index contributed by atoms with van der Waals surface area (Å²) in [5, 5.41) is 23.3. The summed E-state index contributed by atoms with van der Waals surface area (Å²) in [4.78, 5) is 12.4. The SMILES string of the molecule is CCCCCCCCCCCCCCCCCCCCCCCCCCCCCC(=O)N[C@@H](CO)[C@H](O)CCCCCCCCCCCCCCCCCC. The largest absolute Gasteiger partial charge is 0.394 e. The molecule has 0 aliphatic rings. The minimum Gasteiger partial charge on any atom is -0.394 e. The number of aliphatic hydroxyl groups excluding tert-OH is 2. The Morgan fingerprint density at radius 2 is 0.582 bits per heavy atom. The van der Waals surface area contributed by atoms with Gasteiger partial charge in [-0.25, -0.2) is 0 Å². The van der Waals surface area contributed by atoms with Crippen LogP contribution in [0.3, 0.4) is 0 Å². The number of carbonyl (C=O) groups is 1. The summed E-state index contributed by atoms with van der Waals surface area (Å²) in [6, 6.07) is -0.530. The van der Waals surface area contributed by atoms with Gasteiger partial charge < -0.3 is 15.5 Å². The fraction of sp³-hybridized carbons (Fsp3) is 0.980. The second kappa shape index (κ2) is 47.8. The Balaban J connectivity index is 3.40. The zero-order chi connectivity index (χ0) is 40.0. The number of nitrogens with one attached hydrogen (secondary N) is 1. The van der Waals surface area contributed by atoms with E-state index in [4.69, 9.17) is 0 Å². The van der Waals surface area contributed by atoms with Crippen molar-refractivity contribution in [1.82, 2.24) is 5.32 Å². The van der Waals surface area contributed by atoms with Gasteiger partial charge in [0.2, 0.25) is 5.91 Å². The van der Waals surface area contributed by atoms with Crippen LogP contribution in [0.15, 0.2) is 0 Å². The van der Waals surface area contributed by atoms with E-state index >= 15 is 0 Å². The highest BCUT2D eigenvalue weighted by atomic mass is 16.3. The molecule has 0 aliphatic heterocycles. The summed E-state index contributed by atoms with van der Waals surface area (Å²) in [5.74, 6) is -0.0235. The molecule has 2 atom stereocenters. The molecule has 1 amide bonds. The van der Waals surface area contributed by atoms with Crippen molar-refractivity contribution in [3.63, 3.8) is 0 Å². The van der Waals surface area contributed by atoms with Gasteiger partial charge in [-0.3, -0.25) is 4.79 Å². The van der Waals surface area contributed by atoms with Crippen molar-refractivity contribution >= 4 is 5.91 Å². The minimum atomic E-state index is -0.653. The molecule has 3 N–H and O–H groups in total. The van der Waals surface area contributed by atoms with Crippen LogP contribution in [0, 0.1) is 0 Å². The highest BCUT2D eigenvalue weighted by Gasteiger charge is 2.20. The van der Waals surface area contributed by atoms with E-state index in [0.29, 0.717) is 12.8 Å². The van der Waals surface area contributed by atoms with Crippen LogP contribution in [0.4, 0.5) is 0 Å². The molecule has 4 nitrogen and oxygen atoms in total. The van der Waals surface area contributed by atoms with Crippen molar-refractivity contribution in [3.05, 3.63) is 0 Å². The number of hydrogen-bond acceptors (Lipinski definition) is 3. The summed E-state index contributed by atoms with van der Waals surface area (Å²) in [7, 11) is 0. The van der Waals surface area contributed by atoms with E-state index < -0.39 is 12.1 Å². The zero-order valence-electron chi connectivity index (χ0n) is 38.0. The van der Waals surface area contributed by atoms with Crippen LogP contribution in [0.2, 0.25) is 0 Å². The van der Waals surface area contributed by atoms with Gasteiger partial charge in [-0.05, 0) is 12.8 Å². The van der Waals surface area contributed by atoms with Crippen LogP contribution >= 0.6 is 0 Å². The van der Waals surface area contributed by atoms with Gasteiger partial charge in [0.1, 0.15) is 0 Å². The lowest BCUT2D eigenvalue weighted by Crippen LogP contribution is -2.45. The molecule has 0 bridgehead atoms. The predicted octanol–water partition coefficient (Wildman–Crippen LogP) is 16.4. The Bertz CT molecular complexity index is 714. The molecular weight excluding hydrogens is 675 g/mol. The summed E-state index contributed by atoms with van der Waals surface area (Å²) in [5.41, 5.74) is 0. The average molecular weight is 778 g/mol. The minimum absolute atomic E-state index is 0.0235. The Morgan fingerprint density at radius 1 is 0.364 bits per heavy atom. The topological polar surface area (TPSA) is 69.6 Å². The molecule has 0 aliphatic carbocycles. The van der Waals surface area contributed by atoms with Gasteiger partial charge in [0, 0.05) is 6.42 Å². The molecule has 0 spiro atoms. The quantitative estimate of drug-likeness (QED) is 0.0539. The Kier molecular flexibility index (Phi) is 47.2. The smallest absolute Gasteiger partial charge is 0.220 e. The lowest BCUT2D eigenvalue weighted by atomic mass is 10.0. The van der Waals surface area contributed by atoms with Gasteiger partial charge in [0.25, 0.3) is 0 Å². The highest BCUT2D eigenvalue weighted by Crippen LogP contribution is 2.18. The second-order valence-corrected chi connectivity index (χ2v) is 18.0. The molecule has 0 aromatic rings. The molecule has 55 heavy (non-hydrogen) atoms. The van der Waals surface area contributed by atoms with Gasteiger partial charge in [-0.15, -0.1) is 0 Å². The summed E-state index contributed by atoms with van der Waals surface area (Å²) >= 11 is 0. The lowest BCUT2D eigenvalue weighted by molar-refractivity contribution is -0.123. The van der Waals surface area contributed by atoms with Crippen molar-refractivity contribution < 1.29 is 15.0 Å². The molecule has 0 rings (SSSR count). The highest BCUT2D eigenvalue weighted by molar-refractivity contribution is 5.76. The third kappa shape index (κ3) is 44.3. The molecule has 4 heteroatoms. The van der Waals surface area contributed by atoms with Gasteiger partial charge in [-0.2, -0.15) is 0 Å². The molecule has 330 valence electrons. The van der Waals surface area contributed by atoms with E-state index in [1.807, 2.05) is 0 Å². The van der Waals surface area contributed by atoms with E-state index in [-0.39, 0.29) is 12.5 Å². The maximum Gasteiger partial charge on any atom is 0.220 e. The molecule has 0 aromatic carbocycles. The Morgan fingerprint density at radius 3 is 0.818 bits per heavy atom. The molecule has 0 saturated heterocycles. The molecule has 0 fully saturated rings. The number of aliphatic hydroxyl groups is 2. The number of carbonyl (C=O) groups excluding carboxylic acids is 1. The van der Waals surface area contributed by atoms with E-state index in [1.165, 1.54) is 250 Å². The maximum absolute atomic E-state index is 12.4. The van der Waals surface area contributed by atoms with Gasteiger partial charge >= 0.3 is 0 Å². The Labute approximate surface area is 346 Å². The first-order valence-electron chi connectivity index (χ1n) is 25.7. The van der Waals surface area contributed by atoms with E-state index in [9.17, 15) is 15.0 Å². The second-order valence-electron chi connectivity index (χ2n) is 18.0. The first-order valence-corrected chi connectivity index (χ1v) is 25.7. The van der Waals surface area contributed by atoms with Crippen molar-refractivity contribution in [2.45, 2.75) is 315 Å². The van der Waals surface area contributed by atoms with Crippen LogP contribution in [-0.2, 0) is 4.79 Å². The van der Waals surface area contributed by atoms with Crippen LogP contribution in [0.5, 0.6) is 0 Å². The van der Waals surface area contributed by atoms with Gasteiger partial charge in [0.15, 0.2) is 0 Å². The van der Waals surface area contributed by atoms with Gasteiger partial charge in [0.05, 0.1) is 18.8 Å². The summed E-state index contributed by atoms with van der Waals surface area (Å²) < 4.78 is 0. The first kappa shape index (κ1) is 54.4.